The summed E-state index contributed by atoms with van der Waals surface area (Å²) in [5, 5.41) is 0. The molecule has 1 aromatic rings. The Morgan fingerprint density at radius 3 is 2.14 bits per heavy atom. The van der Waals surface area contributed by atoms with Gasteiger partial charge in [-0.1, -0.05) is 30.3 Å². The van der Waals surface area contributed by atoms with Crippen molar-refractivity contribution in [2.24, 2.45) is 5.73 Å². The molecule has 0 atom stereocenters. The van der Waals surface area contributed by atoms with Crippen molar-refractivity contribution < 1.29 is 0 Å². The molecule has 0 saturated carbocycles. The third-order valence-corrected chi connectivity index (χ3v) is 1.76. The average molecular weight is 516 g/mol. The van der Waals surface area contributed by atoms with Crippen molar-refractivity contribution in [3.63, 3.8) is 0 Å². The Labute approximate surface area is 110 Å². The average Bonchev–Trinajstić information content (AvgIpc) is 2.21. The molecule has 0 aliphatic carbocycles. The van der Waals surface area contributed by atoms with Crippen molar-refractivity contribution >= 4 is 43.4 Å². The van der Waals surface area contributed by atoms with E-state index in [2.05, 4.69) is 48.2 Å². The number of halogens is 2. The van der Waals surface area contributed by atoms with Crippen LogP contribution >= 0.6 is 24.0 Å². The molecule has 1 nitrogen and oxygen atoms in total. The van der Waals surface area contributed by atoms with Gasteiger partial charge in [0.2, 0.25) is 0 Å². The van der Waals surface area contributed by atoms with Crippen molar-refractivity contribution in [3.05, 3.63) is 35.9 Å². The van der Waals surface area contributed by atoms with Crippen LogP contribution in [0.4, 0.5) is 0 Å². The Bertz CT molecular complexity index is 207. The Morgan fingerprint density at radius 1 is 1.07 bits per heavy atom. The molecular weight excluding hydrogens is 501 g/mol. The summed E-state index contributed by atoms with van der Waals surface area (Å²) in [5.41, 5.74) is 6.81. The van der Waals surface area contributed by atoms with Gasteiger partial charge in [0.05, 0.1) is 0 Å². The van der Waals surface area contributed by atoms with E-state index in [1.54, 1.807) is 0 Å². The van der Waals surface area contributed by atoms with Gasteiger partial charge in [0.15, 0.2) is 0 Å². The molecule has 0 spiro atoms. The zero-order chi connectivity index (χ0) is 10.6. The van der Waals surface area contributed by atoms with Crippen molar-refractivity contribution in [2.45, 2.75) is 19.3 Å². The van der Waals surface area contributed by atoms with Crippen LogP contribution in [0.5, 0.6) is 0 Å². The molecule has 14 heavy (non-hydrogen) atoms. The van der Waals surface area contributed by atoms with Crippen LogP contribution in [0.1, 0.15) is 18.4 Å². The van der Waals surface area contributed by atoms with Gasteiger partial charge >= 0.3 is 43.4 Å². The number of hydrogen-bond donors (Lipinski definition) is 1. The van der Waals surface area contributed by atoms with Crippen LogP contribution in [0.2, 0.25) is 0 Å². The maximum atomic E-state index is 5.39. The first-order valence-corrected chi connectivity index (χ1v) is 21.4. The van der Waals surface area contributed by atoms with E-state index in [-0.39, 0.29) is 19.4 Å². The van der Waals surface area contributed by atoms with Crippen molar-refractivity contribution in [1.82, 2.24) is 0 Å². The van der Waals surface area contributed by atoms with E-state index >= 15 is 0 Å². The molecule has 4 heteroatoms. The minimum absolute atomic E-state index is 0.292. The molecule has 0 amide bonds. The summed E-state index contributed by atoms with van der Waals surface area (Å²) in [5.74, 6) is 0. The van der Waals surface area contributed by atoms with E-state index in [1.165, 1.54) is 12.0 Å². The Morgan fingerprint density at radius 2 is 1.64 bits per heavy atom. The van der Waals surface area contributed by atoms with Crippen molar-refractivity contribution in [2.75, 3.05) is 6.54 Å². The van der Waals surface area contributed by atoms with E-state index in [9.17, 15) is 0 Å². The molecule has 1 aromatic carbocycles. The van der Waals surface area contributed by atoms with Crippen LogP contribution in [0, 0.1) is 0 Å². The zero-order valence-corrected chi connectivity index (χ0v) is 15.1. The first-order valence-electron chi connectivity index (χ1n) is 4.55. The van der Waals surface area contributed by atoms with Gasteiger partial charge in [-0.2, -0.15) is 0 Å². The van der Waals surface area contributed by atoms with Crippen molar-refractivity contribution in [1.29, 1.82) is 0 Å². The van der Waals surface area contributed by atoms with Crippen LogP contribution in [0.25, 0.3) is 0 Å². The predicted octanol–water partition coefficient (Wildman–Crippen LogP) is 3.28. The van der Waals surface area contributed by atoms with Gasteiger partial charge < -0.3 is 5.73 Å². The molecule has 0 aliphatic rings. The summed E-state index contributed by atoms with van der Waals surface area (Å²) in [6, 6.07) is 10.5. The fourth-order valence-electron chi connectivity index (χ4n) is 1.12. The molecule has 0 unspecified atom stereocenters. The summed E-state index contributed by atoms with van der Waals surface area (Å²) < 4.78 is 0. The normalized spacial score (nSPS) is 9.07. The summed E-state index contributed by atoms with van der Waals surface area (Å²) in [6.45, 7) is 0.812. The molecule has 0 heterocycles. The van der Waals surface area contributed by atoms with E-state index in [1.807, 2.05) is 6.07 Å². The first-order chi connectivity index (χ1) is 6.85. The fourth-order valence-corrected chi connectivity index (χ4v) is 1.12. The number of benzene rings is 1. The monoisotopic (exact) mass is 515 g/mol. The second-order valence-electron chi connectivity index (χ2n) is 2.80. The molecule has 1 rings (SSSR count). The number of nitrogens with two attached hydrogens (primary N) is 1. The van der Waals surface area contributed by atoms with Gasteiger partial charge in [0.25, 0.3) is 0 Å². The third kappa shape index (κ3) is 9.61. The molecule has 78 valence electrons. The van der Waals surface area contributed by atoms with E-state index in [0.29, 0.717) is 0 Å². The number of hydrogen-bond acceptors (Lipinski definition) is 1. The maximum absolute atomic E-state index is 5.39. The quantitative estimate of drug-likeness (QED) is 0.483. The van der Waals surface area contributed by atoms with Gasteiger partial charge in [-0.15, -0.1) is 0 Å². The zero-order valence-electron chi connectivity index (χ0n) is 8.05. The number of rotatable bonds is 4. The van der Waals surface area contributed by atoms with Gasteiger partial charge in [0.1, 0.15) is 0 Å². The molecular formula is C10H15Br2NPb. The van der Waals surface area contributed by atoms with Crippen molar-refractivity contribution in [3.8, 4) is 0 Å². The predicted molar refractivity (Wildman–Crippen MR) is 72.0 cm³/mol. The molecule has 0 saturated heterocycles. The standard InChI is InChI=1S/C10H15N.2BrH.Pb/c11-9-5-4-8-10-6-2-1-3-7-10;;;/h1-3,6-7H,4-5,8-9,11H2;2*1H;/q;;;+2/p-2. The topological polar surface area (TPSA) is 26.0 Å². The van der Waals surface area contributed by atoms with Gasteiger partial charge in [-0.05, 0) is 31.4 Å². The van der Waals surface area contributed by atoms with Gasteiger partial charge in [-0.3, -0.25) is 0 Å². The van der Waals surface area contributed by atoms with Crippen LogP contribution in [0.3, 0.4) is 0 Å². The third-order valence-electron chi connectivity index (χ3n) is 1.76. The Kier molecular flexibility index (Phi) is 13.1. The molecule has 2 radical (unpaired) electrons. The summed E-state index contributed by atoms with van der Waals surface area (Å²) in [4.78, 5) is 0. The van der Waals surface area contributed by atoms with E-state index in [0.717, 1.165) is 19.4 Å². The Balaban J connectivity index is 0.000000500. The molecule has 2 N–H and O–H groups in total. The molecule has 0 aliphatic heterocycles. The van der Waals surface area contributed by atoms with Crippen LogP contribution in [-0.2, 0) is 6.42 Å². The Hall–Kier alpha value is 1.06. The minimum atomic E-state index is -0.292. The number of unbranched alkanes of at least 4 members (excludes halogenated alkanes) is 1. The van der Waals surface area contributed by atoms with Gasteiger partial charge in [-0.25, -0.2) is 0 Å². The number of aryl methyl sites for hydroxylation is 1. The van der Waals surface area contributed by atoms with Crippen LogP contribution in [0.15, 0.2) is 30.3 Å². The van der Waals surface area contributed by atoms with Gasteiger partial charge in [0, 0.05) is 0 Å². The molecule has 0 aromatic heterocycles. The van der Waals surface area contributed by atoms with E-state index in [4.69, 9.17) is 5.73 Å². The SMILES string of the molecule is NCCCCc1ccccc1.[Br][Pb][Br]. The summed E-state index contributed by atoms with van der Waals surface area (Å²) in [6.07, 6.45) is 3.51. The second kappa shape index (κ2) is 12.1. The van der Waals surface area contributed by atoms with Crippen LogP contribution in [-0.4, -0.2) is 26.0 Å². The van der Waals surface area contributed by atoms with E-state index < -0.39 is 0 Å². The summed E-state index contributed by atoms with van der Waals surface area (Å²) >= 11 is 6.22. The first kappa shape index (κ1) is 15.1. The molecule has 0 bridgehead atoms. The fraction of sp³-hybridized carbons (Fsp3) is 0.400. The second-order valence-corrected chi connectivity index (χ2v) is 19.7. The van der Waals surface area contributed by atoms with Crippen LogP contribution < -0.4 is 5.73 Å². The molecule has 0 fully saturated rings. The summed E-state index contributed by atoms with van der Waals surface area (Å²) in [7, 11) is 0.